The molecule has 1 N–H and O–H groups in total. The molecule has 7 nitrogen and oxygen atoms in total. The number of esters is 2. The van der Waals surface area contributed by atoms with E-state index in [0.29, 0.717) is 10.6 Å². The van der Waals surface area contributed by atoms with Gasteiger partial charge in [0.2, 0.25) is 0 Å². The zero-order chi connectivity index (χ0) is 19.1. The van der Waals surface area contributed by atoms with Crippen molar-refractivity contribution < 1.29 is 23.9 Å². The van der Waals surface area contributed by atoms with E-state index in [2.05, 4.69) is 5.32 Å². The first kappa shape index (κ1) is 17.9. The maximum absolute atomic E-state index is 12.1. The Kier molecular flexibility index (Phi) is 4.45. The monoisotopic (exact) mass is 374 g/mol. The Balaban J connectivity index is 1.82. The molecule has 1 amide bonds. The van der Waals surface area contributed by atoms with Crippen LogP contribution in [0.1, 0.15) is 23.5 Å². The number of nitrogens with one attached hydrogen (secondary N) is 1. The first-order valence-electron chi connectivity index (χ1n) is 7.85. The fraction of sp³-hybridized carbons (Fsp3) is 0.278. The smallest absolute Gasteiger partial charge is 0.350 e. The average molecular weight is 374 g/mol. The number of fused-ring (bicyclic) bond motifs is 1. The Hall–Kier alpha value is -2.87. The van der Waals surface area contributed by atoms with Crippen LogP contribution in [0, 0.1) is 0 Å². The topological polar surface area (TPSA) is 84.9 Å². The number of ether oxygens (including phenoxy) is 2. The van der Waals surface area contributed by atoms with E-state index in [0.717, 1.165) is 10.1 Å². The van der Waals surface area contributed by atoms with Gasteiger partial charge in [0.1, 0.15) is 0 Å². The van der Waals surface area contributed by atoms with Crippen LogP contribution in [0.2, 0.25) is 0 Å². The largest absolute Gasteiger partial charge is 0.419 e. The SMILES string of the molecule is CN(C)C(=O)c1cc2cc(NC=C3C(=O)OC(C)(C)OC3=O)ccc2s1. The van der Waals surface area contributed by atoms with Gasteiger partial charge in [-0.2, -0.15) is 0 Å². The molecule has 1 saturated heterocycles. The van der Waals surface area contributed by atoms with Crippen molar-refractivity contribution >= 4 is 45.0 Å². The van der Waals surface area contributed by atoms with Crippen LogP contribution in [-0.4, -0.2) is 42.6 Å². The van der Waals surface area contributed by atoms with Crippen molar-refractivity contribution in [1.29, 1.82) is 0 Å². The van der Waals surface area contributed by atoms with Crippen LogP contribution in [0.25, 0.3) is 10.1 Å². The summed E-state index contributed by atoms with van der Waals surface area (Å²) in [6.07, 6.45) is 1.26. The number of benzene rings is 1. The molecule has 26 heavy (non-hydrogen) atoms. The van der Waals surface area contributed by atoms with Crippen molar-refractivity contribution in [1.82, 2.24) is 4.90 Å². The third-order valence-corrected chi connectivity index (χ3v) is 4.74. The Morgan fingerprint density at radius 2 is 1.81 bits per heavy atom. The zero-order valence-corrected chi connectivity index (χ0v) is 15.6. The number of rotatable bonds is 3. The van der Waals surface area contributed by atoms with E-state index >= 15 is 0 Å². The molecule has 1 aliphatic heterocycles. The van der Waals surface area contributed by atoms with Gasteiger partial charge in [0, 0.05) is 44.5 Å². The lowest BCUT2D eigenvalue weighted by Crippen LogP contribution is -2.42. The Labute approximate surface area is 154 Å². The minimum absolute atomic E-state index is 0.0573. The molecule has 0 bridgehead atoms. The van der Waals surface area contributed by atoms with E-state index in [1.54, 1.807) is 20.2 Å². The van der Waals surface area contributed by atoms with Crippen molar-refractivity contribution in [3.05, 3.63) is 40.9 Å². The van der Waals surface area contributed by atoms with Gasteiger partial charge in [0.15, 0.2) is 5.57 Å². The zero-order valence-electron chi connectivity index (χ0n) is 14.8. The Morgan fingerprint density at radius 3 is 2.42 bits per heavy atom. The molecule has 2 heterocycles. The fourth-order valence-corrected chi connectivity index (χ4v) is 3.46. The maximum atomic E-state index is 12.1. The minimum atomic E-state index is -1.27. The summed E-state index contributed by atoms with van der Waals surface area (Å²) < 4.78 is 11.0. The van der Waals surface area contributed by atoms with E-state index in [1.165, 1.54) is 36.3 Å². The van der Waals surface area contributed by atoms with Gasteiger partial charge in [-0.15, -0.1) is 11.3 Å². The summed E-state index contributed by atoms with van der Waals surface area (Å²) in [4.78, 5) is 38.1. The lowest BCUT2D eigenvalue weighted by molar-refractivity contribution is -0.222. The highest BCUT2D eigenvalue weighted by Gasteiger charge is 2.38. The van der Waals surface area contributed by atoms with E-state index in [-0.39, 0.29) is 11.5 Å². The quantitative estimate of drug-likeness (QED) is 0.505. The van der Waals surface area contributed by atoms with Gasteiger partial charge in [-0.05, 0) is 29.7 Å². The minimum Gasteiger partial charge on any atom is -0.419 e. The number of carbonyl (C=O) groups excluding carboxylic acids is 3. The number of cyclic esters (lactones) is 2. The highest BCUT2D eigenvalue weighted by Crippen LogP contribution is 2.29. The number of amides is 1. The number of carbonyl (C=O) groups is 3. The molecule has 0 saturated carbocycles. The predicted octanol–water partition coefficient (Wildman–Crippen LogP) is 2.74. The van der Waals surface area contributed by atoms with Crippen LogP contribution in [0.15, 0.2) is 36.0 Å². The van der Waals surface area contributed by atoms with Gasteiger partial charge in [0.05, 0.1) is 4.88 Å². The van der Waals surface area contributed by atoms with Crippen molar-refractivity contribution in [3.8, 4) is 0 Å². The van der Waals surface area contributed by atoms with Crippen molar-refractivity contribution in [2.75, 3.05) is 19.4 Å². The number of thiophene rings is 1. The number of anilines is 1. The second-order valence-electron chi connectivity index (χ2n) is 6.44. The molecule has 1 fully saturated rings. The first-order chi connectivity index (χ1) is 12.2. The van der Waals surface area contributed by atoms with Gasteiger partial charge in [0.25, 0.3) is 11.7 Å². The second-order valence-corrected chi connectivity index (χ2v) is 7.53. The molecule has 0 atom stereocenters. The molecule has 8 heteroatoms. The van der Waals surface area contributed by atoms with Gasteiger partial charge < -0.3 is 19.7 Å². The molecular formula is C18H18N2O5S. The summed E-state index contributed by atoms with van der Waals surface area (Å²) in [6, 6.07) is 7.31. The molecule has 2 aromatic rings. The van der Waals surface area contributed by atoms with Crippen LogP contribution < -0.4 is 5.32 Å². The molecule has 3 rings (SSSR count). The van der Waals surface area contributed by atoms with E-state index in [1.807, 2.05) is 18.2 Å². The molecule has 1 aromatic heterocycles. The average Bonchev–Trinajstić information content (AvgIpc) is 2.95. The Bertz CT molecular complexity index is 920. The van der Waals surface area contributed by atoms with Crippen molar-refractivity contribution in [2.24, 2.45) is 0 Å². The molecule has 0 spiro atoms. The van der Waals surface area contributed by atoms with Crippen LogP contribution in [-0.2, 0) is 19.1 Å². The summed E-state index contributed by atoms with van der Waals surface area (Å²) in [6.45, 7) is 2.98. The maximum Gasteiger partial charge on any atom is 0.350 e. The molecule has 1 aliphatic rings. The van der Waals surface area contributed by atoms with Gasteiger partial charge >= 0.3 is 11.9 Å². The summed E-state index contributed by atoms with van der Waals surface area (Å²) >= 11 is 1.41. The highest BCUT2D eigenvalue weighted by atomic mass is 32.1. The van der Waals surface area contributed by atoms with E-state index in [4.69, 9.17) is 9.47 Å². The van der Waals surface area contributed by atoms with Crippen molar-refractivity contribution in [2.45, 2.75) is 19.6 Å². The van der Waals surface area contributed by atoms with Crippen LogP contribution in [0.3, 0.4) is 0 Å². The molecule has 0 radical (unpaired) electrons. The van der Waals surface area contributed by atoms with Crippen LogP contribution in [0.5, 0.6) is 0 Å². The third-order valence-electron chi connectivity index (χ3n) is 3.63. The fourth-order valence-electron chi connectivity index (χ4n) is 2.39. The van der Waals surface area contributed by atoms with Crippen LogP contribution in [0.4, 0.5) is 5.69 Å². The van der Waals surface area contributed by atoms with Gasteiger partial charge in [-0.3, -0.25) is 4.79 Å². The summed E-state index contributed by atoms with van der Waals surface area (Å²) in [7, 11) is 3.41. The van der Waals surface area contributed by atoms with Gasteiger partial charge in [-0.25, -0.2) is 9.59 Å². The normalized spacial score (nSPS) is 16.1. The van der Waals surface area contributed by atoms with Crippen LogP contribution >= 0.6 is 11.3 Å². The first-order valence-corrected chi connectivity index (χ1v) is 8.66. The van der Waals surface area contributed by atoms with E-state index < -0.39 is 17.7 Å². The number of hydrogen-bond donors (Lipinski definition) is 1. The molecular weight excluding hydrogens is 356 g/mol. The molecule has 0 unspecified atom stereocenters. The summed E-state index contributed by atoms with van der Waals surface area (Å²) in [5.41, 5.74) is 0.454. The molecule has 136 valence electrons. The lowest BCUT2D eigenvalue weighted by atomic mass is 10.2. The lowest BCUT2D eigenvalue weighted by Gasteiger charge is -2.29. The summed E-state index contributed by atoms with van der Waals surface area (Å²) in [5.74, 6) is -2.81. The molecule has 1 aromatic carbocycles. The third kappa shape index (κ3) is 3.55. The number of hydrogen-bond acceptors (Lipinski definition) is 7. The van der Waals surface area contributed by atoms with Gasteiger partial charge in [-0.1, -0.05) is 0 Å². The summed E-state index contributed by atoms with van der Waals surface area (Å²) in [5, 5.41) is 3.79. The highest BCUT2D eigenvalue weighted by molar-refractivity contribution is 7.20. The standard InChI is InChI=1S/C18H18N2O5S/c1-18(2)24-16(22)12(17(23)25-18)9-19-11-5-6-13-10(7-11)8-14(26-13)15(21)20(3)4/h5-9,19H,1-4H3. The second kappa shape index (κ2) is 6.45. The molecule has 0 aliphatic carbocycles. The predicted molar refractivity (Wildman–Crippen MR) is 97.8 cm³/mol. The van der Waals surface area contributed by atoms with Crippen molar-refractivity contribution in [3.63, 3.8) is 0 Å². The van der Waals surface area contributed by atoms with E-state index in [9.17, 15) is 14.4 Å². The Morgan fingerprint density at radius 1 is 1.15 bits per heavy atom. The number of nitrogens with zero attached hydrogens (tertiary/aromatic N) is 1.